The van der Waals surface area contributed by atoms with E-state index in [0.717, 1.165) is 0 Å². The van der Waals surface area contributed by atoms with Crippen molar-refractivity contribution in [3.63, 3.8) is 0 Å². The zero-order chi connectivity index (χ0) is 12.7. The van der Waals surface area contributed by atoms with Crippen LogP contribution in [0.25, 0.3) is 0 Å². The van der Waals surface area contributed by atoms with Crippen molar-refractivity contribution in [2.24, 2.45) is 23.7 Å². The fraction of sp³-hybridized carbons (Fsp3) is 1.00. The van der Waals surface area contributed by atoms with Gasteiger partial charge in [0, 0.05) is 23.7 Å². The summed E-state index contributed by atoms with van der Waals surface area (Å²) in [7, 11) is 0. The van der Waals surface area contributed by atoms with E-state index in [0.29, 0.717) is 34.5 Å². The maximum atomic E-state index is 6.28. The maximum Gasteiger partial charge on any atom is 0.174 e. The Kier molecular flexibility index (Phi) is 2.47. The van der Waals surface area contributed by atoms with E-state index in [2.05, 4.69) is 26.4 Å². The summed E-state index contributed by atoms with van der Waals surface area (Å²) in [6.07, 6.45) is 5.52. The number of hydrogen-bond acceptors (Lipinski definition) is 5. The number of rotatable bonds is 2. The molecule has 3 nitrogen and oxygen atoms in total. The molecule has 0 aromatic heterocycles. The molecule has 18 heavy (non-hydrogen) atoms. The third-order valence-corrected chi connectivity index (χ3v) is 7.16. The van der Waals surface area contributed by atoms with Crippen LogP contribution >= 0.6 is 23.5 Å². The van der Waals surface area contributed by atoms with Crippen LogP contribution in [0.4, 0.5) is 0 Å². The number of hydrogen-bond donors (Lipinski definition) is 0. The highest BCUT2D eigenvalue weighted by Gasteiger charge is 2.76. The third-order valence-electron chi connectivity index (χ3n) is 5.33. The lowest BCUT2D eigenvalue weighted by molar-refractivity contribution is -0.299. The molecule has 8 atom stereocenters. The van der Waals surface area contributed by atoms with Crippen molar-refractivity contribution in [3.05, 3.63) is 0 Å². The second-order valence-electron chi connectivity index (χ2n) is 6.19. The molecule has 4 fully saturated rings. The average molecular weight is 288 g/mol. The highest BCUT2D eigenvalue weighted by atomic mass is 32.2. The van der Waals surface area contributed by atoms with Gasteiger partial charge in [-0.2, -0.15) is 0 Å². The van der Waals surface area contributed by atoms with E-state index in [9.17, 15) is 0 Å². The van der Waals surface area contributed by atoms with Gasteiger partial charge >= 0.3 is 0 Å². The van der Waals surface area contributed by atoms with E-state index in [1.807, 2.05) is 23.5 Å². The van der Waals surface area contributed by atoms with Gasteiger partial charge in [0.25, 0.3) is 0 Å². The van der Waals surface area contributed by atoms with Crippen LogP contribution in [0, 0.1) is 23.7 Å². The summed E-state index contributed by atoms with van der Waals surface area (Å²) in [5.74, 6) is 1.47. The van der Waals surface area contributed by atoms with Gasteiger partial charge in [-0.05, 0) is 32.8 Å². The smallest absolute Gasteiger partial charge is 0.174 e. The second-order valence-corrected chi connectivity index (χ2v) is 8.06. The fourth-order valence-corrected chi connectivity index (χ4v) is 6.79. The van der Waals surface area contributed by atoms with Crippen molar-refractivity contribution in [1.82, 2.24) is 0 Å². The molecular weight excluding hydrogens is 268 g/mol. The normalized spacial score (nSPS) is 64.7. The largest absolute Gasteiger partial charge is 0.336 e. The molecule has 0 amide bonds. The molecule has 4 rings (SSSR count). The minimum atomic E-state index is -0.421. The van der Waals surface area contributed by atoms with Crippen LogP contribution in [-0.2, 0) is 14.2 Å². The molecular formula is C13H20O3S2. The van der Waals surface area contributed by atoms with E-state index in [-0.39, 0.29) is 0 Å². The third kappa shape index (κ3) is 1.26. The molecule has 1 saturated carbocycles. The van der Waals surface area contributed by atoms with Gasteiger partial charge < -0.3 is 14.2 Å². The van der Waals surface area contributed by atoms with Gasteiger partial charge in [0.05, 0.1) is 0 Å². The first kappa shape index (κ1) is 12.3. The van der Waals surface area contributed by atoms with Crippen LogP contribution in [0.15, 0.2) is 0 Å². The van der Waals surface area contributed by atoms with Gasteiger partial charge in [-0.1, -0.05) is 0 Å². The molecule has 3 heterocycles. The lowest BCUT2D eigenvalue weighted by Gasteiger charge is -2.30. The van der Waals surface area contributed by atoms with Crippen molar-refractivity contribution in [2.75, 3.05) is 12.5 Å². The molecule has 102 valence electrons. The topological polar surface area (TPSA) is 27.7 Å². The van der Waals surface area contributed by atoms with Crippen LogP contribution in [0.5, 0.6) is 0 Å². The molecule has 0 N–H and O–H groups in total. The maximum absolute atomic E-state index is 6.28. The molecule has 0 aromatic rings. The van der Waals surface area contributed by atoms with Gasteiger partial charge in [0.15, 0.2) is 11.6 Å². The highest BCUT2D eigenvalue weighted by molar-refractivity contribution is 7.99. The van der Waals surface area contributed by atoms with Gasteiger partial charge in [0.1, 0.15) is 10.9 Å². The Morgan fingerprint density at radius 3 is 1.72 bits per heavy atom. The van der Waals surface area contributed by atoms with E-state index in [1.54, 1.807) is 0 Å². The molecule has 0 radical (unpaired) electrons. The Morgan fingerprint density at radius 2 is 1.33 bits per heavy atom. The summed E-state index contributed by atoms with van der Waals surface area (Å²) < 4.78 is 18.7. The Morgan fingerprint density at radius 1 is 0.889 bits per heavy atom. The first-order chi connectivity index (χ1) is 8.52. The van der Waals surface area contributed by atoms with Crippen molar-refractivity contribution < 1.29 is 14.2 Å². The highest BCUT2D eigenvalue weighted by Crippen LogP contribution is 2.70. The zero-order valence-corrected chi connectivity index (χ0v) is 12.8. The molecule has 0 bridgehead atoms. The van der Waals surface area contributed by atoms with E-state index in [1.165, 1.54) is 6.42 Å². The summed E-state index contributed by atoms with van der Waals surface area (Å²) >= 11 is 3.66. The van der Waals surface area contributed by atoms with Crippen molar-refractivity contribution in [3.8, 4) is 0 Å². The molecule has 0 aromatic carbocycles. The standard InChI is InChI=1S/C13H20O3S2/c1-12-8-6(10(14-12)17-3)5-7-9(8)13(2,16-12)15-11(7)18-4/h6-11H,5H2,1-4H3/t6-,7+,8-,9-,10+,11-,12+,13-/m1/s1. The molecule has 3 aliphatic heterocycles. The lowest BCUT2D eigenvalue weighted by Crippen LogP contribution is -2.36. The van der Waals surface area contributed by atoms with Gasteiger partial charge in [0.2, 0.25) is 0 Å². The Bertz CT molecular complexity index is 358. The summed E-state index contributed by atoms with van der Waals surface area (Å²) in [6.45, 7) is 4.23. The lowest BCUT2D eigenvalue weighted by atomic mass is 9.83. The zero-order valence-electron chi connectivity index (χ0n) is 11.2. The first-order valence-electron chi connectivity index (χ1n) is 6.64. The molecule has 1 aliphatic carbocycles. The Hall–Kier alpha value is 0.580. The van der Waals surface area contributed by atoms with Gasteiger partial charge in [-0.25, -0.2) is 0 Å². The van der Waals surface area contributed by atoms with Crippen LogP contribution < -0.4 is 0 Å². The molecule has 4 aliphatic rings. The fourth-order valence-electron chi connectivity index (χ4n) is 4.96. The predicted octanol–water partition coefficient (Wildman–Crippen LogP) is 2.76. The van der Waals surface area contributed by atoms with E-state index in [4.69, 9.17) is 14.2 Å². The molecule has 5 heteroatoms. The van der Waals surface area contributed by atoms with Gasteiger partial charge in [-0.3, -0.25) is 0 Å². The van der Waals surface area contributed by atoms with Crippen LogP contribution in [0.2, 0.25) is 0 Å². The van der Waals surface area contributed by atoms with Crippen molar-refractivity contribution >= 4 is 23.5 Å². The number of ether oxygens (including phenoxy) is 3. The summed E-state index contributed by atoms with van der Waals surface area (Å²) in [5, 5.41) is 0. The van der Waals surface area contributed by atoms with Crippen molar-refractivity contribution in [1.29, 1.82) is 0 Å². The predicted molar refractivity (Wildman–Crippen MR) is 73.2 cm³/mol. The monoisotopic (exact) mass is 288 g/mol. The second kappa shape index (κ2) is 3.61. The van der Waals surface area contributed by atoms with Crippen molar-refractivity contribution in [2.45, 2.75) is 42.7 Å². The summed E-state index contributed by atoms with van der Waals surface area (Å²) in [6, 6.07) is 0. The minimum Gasteiger partial charge on any atom is -0.336 e. The minimum absolute atomic E-state index is 0.303. The first-order valence-corrected chi connectivity index (χ1v) is 9.21. The quantitative estimate of drug-likeness (QED) is 0.779. The van der Waals surface area contributed by atoms with Crippen LogP contribution in [-0.4, -0.2) is 35.0 Å². The van der Waals surface area contributed by atoms with E-state index < -0.39 is 11.6 Å². The molecule has 3 saturated heterocycles. The number of thioether (sulfide) groups is 2. The van der Waals surface area contributed by atoms with Crippen LogP contribution in [0.3, 0.4) is 0 Å². The molecule has 0 unspecified atom stereocenters. The van der Waals surface area contributed by atoms with Crippen LogP contribution in [0.1, 0.15) is 20.3 Å². The Balaban J connectivity index is 1.76. The summed E-state index contributed by atoms with van der Waals surface area (Å²) in [5.41, 5.74) is 0.607. The molecule has 0 spiro atoms. The Labute approximate surface area is 117 Å². The summed E-state index contributed by atoms with van der Waals surface area (Å²) in [4.78, 5) is 0. The average Bonchev–Trinajstić information content (AvgIpc) is 2.95. The SMILES string of the molecule is CS[C@H]1O[C@]2(C)O[C@]3(C)O[C@@H](SC)[C@@H]4C[C@H]1[C@@H]2[C@@H]43. The van der Waals surface area contributed by atoms with Gasteiger partial charge in [-0.15, -0.1) is 23.5 Å². The van der Waals surface area contributed by atoms with E-state index >= 15 is 0 Å².